The highest BCUT2D eigenvalue weighted by Gasteiger charge is 2.22. The molecule has 1 aliphatic heterocycles. The summed E-state index contributed by atoms with van der Waals surface area (Å²) in [7, 11) is 0. The normalized spacial score (nSPS) is 17.2. The fraction of sp³-hybridized carbons (Fsp3) is 0.250. The van der Waals surface area contributed by atoms with Gasteiger partial charge in [0.2, 0.25) is 0 Å². The number of fused-ring (bicyclic) bond motifs is 1. The summed E-state index contributed by atoms with van der Waals surface area (Å²) in [5.74, 6) is 1.44. The minimum atomic E-state index is 0.511. The van der Waals surface area contributed by atoms with Gasteiger partial charge in [0.25, 0.3) is 0 Å². The molecule has 98 valence electrons. The molecule has 2 aromatic rings. The maximum absolute atomic E-state index is 5.88. The van der Waals surface area contributed by atoms with Gasteiger partial charge in [-0.2, -0.15) is 0 Å². The van der Waals surface area contributed by atoms with Crippen molar-refractivity contribution in [1.29, 1.82) is 0 Å². The van der Waals surface area contributed by atoms with Gasteiger partial charge in [-0.25, -0.2) is 0 Å². The van der Waals surface area contributed by atoms with Crippen LogP contribution in [-0.4, -0.2) is 11.9 Å². The standard InChI is InChI=1S/C16H15ClOS/c17-10-12-4-3-6-14(8-12)18-11-15-9-13-5-1-2-7-16(13)19-15/h1-8,15H,9-11H2. The van der Waals surface area contributed by atoms with Crippen LogP contribution in [0.1, 0.15) is 11.1 Å². The van der Waals surface area contributed by atoms with Crippen LogP contribution in [0.3, 0.4) is 0 Å². The lowest BCUT2D eigenvalue weighted by Crippen LogP contribution is -2.13. The van der Waals surface area contributed by atoms with E-state index in [0.29, 0.717) is 11.1 Å². The highest BCUT2D eigenvalue weighted by molar-refractivity contribution is 8.00. The molecule has 19 heavy (non-hydrogen) atoms. The van der Waals surface area contributed by atoms with Gasteiger partial charge in [-0.05, 0) is 35.7 Å². The van der Waals surface area contributed by atoms with E-state index < -0.39 is 0 Å². The number of hydrogen-bond acceptors (Lipinski definition) is 2. The summed E-state index contributed by atoms with van der Waals surface area (Å²) >= 11 is 7.74. The lowest BCUT2D eigenvalue weighted by Gasteiger charge is -2.11. The summed E-state index contributed by atoms with van der Waals surface area (Å²) in [4.78, 5) is 1.39. The van der Waals surface area contributed by atoms with E-state index in [1.54, 1.807) is 0 Å². The fourth-order valence-electron chi connectivity index (χ4n) is 2.25. The second-order valence-electron chi connectivity index (χ2n) is 4.64. The Kier molecular flexibility index (Phi) is 4.00. The Hall–Kier alpha value is -1.12. The minimum absolute atomic E-state index is 0.511. The van der Waals surface area contributed by atoms with Gasteiger partial charge in [0.15, 0.2) is 0 Å². The Morgan fingerprint density at radius 1 is 1.16 bits per heavy atom. The van der Waals surface area contributed by atoms with Gasteiger partial charge in [0, 0.05) is 16.0 Å². The predicted molar refractivity (Wildman–Crippen MR) is 81.3 cm³/mol. The number of hydrogen-bond donors (Lipinski definition) is 0. The highest BCUT2D eigenvalue weighted by Crippen LogP contribution is 2.36. The van der Waals surface area contributed by atoms with Crippen LogP contribution in [0, 0.1) is 0 Å². The number of benzene rings is 2. The Balaban J connectivity index is 1.59. The first kappa shape index (κ1) is 12.9. The average molecular weight is 291 g/mol. The molecule has 0 aromatic heterocycles. The molecule has 1 unspecified atom stereocenters. The van der Waals surface area contributed by atoms with E-state index in [1.165, 1.54) is 10.5 Å². The molecule has 0 fully saturated rings. The average Bonchev–Trinajstić information content (AvgIpc) is 2.88. The maximum atomic E-state index is 5.88. The van der Waals surface area contributed by atoms with Crippen LogP contribution in [0.15, 0.2) is 53.4 Å². The van der Waals surface area contributed by atoms with Crippen LogP contribution in [0.4, 0.5) is 0 Å². The molecule has 2 aromatic carbocycles. The zero-order valence-electron chi connectivity index (χ0n) is 10.5. The second kappa shape index (κ2) is 5.89. The third-order valence-electron chi connectivity index (χ3n) is 3.20. The molecule has 3 rings (SSSR count). The lowest BCUT2D eigenvalue weighted by molar-refractivity contribution is 0.317. The molecule has 0 N–H and O–H groups in total. The smallest absolute Gasteiger partial charge is 0.119 e. The zero-order chi connectivity index (χ0) is 13.1. The monoisotopic (exact) mass is 290 g/mol. The number of thioether (sulfide) groups is 1. The summed E-state index contributed by atoms with van der Waals surface area (Å²) < 4.78 is 5.88. The molecule has 0 radical (unpaired) electrons. The van der Waals surface area contributed by atoms with Crippen molar-refractivity contribution in [3.8, 4) is 5.75 Å². The van der Waals surface area contributed by atoms with Crippen molar-refractivity contribution >= 4 is 23.4 Å². The third-order valence-corrected chi connectivity index (χ3v) is 4.80. The van der Waals surface area contributed by atoms with Gasteiger partial charge in [0.1, 0.15) is 12.4 Å². The zero-order valence-corrected chi connectivity index (χ0v) is 12.1. The summed E-state index contributed by atoms with van der Waals surface area (Å²) in [6, 6.07) is 16.6. The topological polar surface area (TPSA) is 9.23 Å². The van der Waals surface area contributed by atoms with Crippen molar-refractivity contribution in [2.24, 2.45) is 0 Å². The van der Waals surface area contributed by atoms with Crippen LogP contribution in [0.5, 0.6) is 5.75 Å². The molecule has 0 saturated carbocycles. The fourth-order valence-corrected chi connectivity index (χ4v) is 3.64. The van der Waals surface area contributed by atoms with Gasteiger partial charge >= 0.3 is 0 Å². The molecular weight excluding hydrogens is 276 g/mol. The summed E-state index contributed by atoms with van der Waals surface area (Å²) in [5, 5.41) is 0.511. The Bertz CT molecular complexity index is 545. The molecular formula is C16H15ClOS. The van der Waals surface area contributed by atoms with E-state index in [4.69, 9.17) is 16.3 Å². The van der Waals surface area contributed by atoms with Crippen molar-refractivity contribution in [3.05, 3.63) is 59.7 Å². The number of alkyl halides is 1. The largest absolute Gasteiger partial charge is 0.492 e. The molecule has 0 spiro atoms. The predicted octanol–water partition coefficient (Wildman–Crippen LogP) is 4.52. The van der Waals surface area contributed by atoms with Gasteiger partial charge in [-0.1, -0.05) is 30.3 Å². The van der Waals surface area contributed by atoms with Crippen molar-refractivity contribution in [1.82, 2.24) is 0 Å². The van der Waals surface area contributed by atoms with Crippen molar-refractivity contribution in [3.63, 3.8) is 0 Å². The van der Waals surface area contributed by atoms with Gasteiger partial charge in [-0.15, -0.1) is 23.4 Å². The van der Waals surface area contributed by atoms with Crippen LogP contribution in [0.25, 0.3) is 0 Å². The van der Waals surface area contributed by atoms with Gasteiger partial charge in [0.05, 0.1) is 0 Å². The number of halogens is 1. The molecule has 1 heterocycles. The summed E-state index contributed by atoms with van der Waals surface area (Å²) in [5.41, 5.74) is 2.54. The summed E-state index contributed by atoms with van der Waals surface area (Å²) in [6.07, 6.45) is 1.09. The van der Waals surface area contributed by atoms with Crippen LogP contribution < -0.4 is 4.74 Å². The third kappa shape index (κ3) is 3.07. The molecule has 0 amide bonds. The van der Waals surface area contributed by atoms with E-state index in [0.717, 1.165) is 24.3 Å². The molecule has 0 bridgehead atoms. The Labute approximate surface area is 122 Å². The molecule has 1 aliphatic rings. The van der Waals surface area contributed by atoms with E-state index >= 15 is 0 Å². The van der Waals surface area contributed by atoms with Crippen molar-refractivity contribution in [2.75, 3.05) is 6.61 Å². The number of ether oxygens (including phenoxy) is 1. The highest BCUT2D eigenvalue weighted by atomic mass is 35.5. The van der Waals surface area contributed by atoms with Crippen LogP contribution in [-0.2, 0) is 12.3 Å². The van der Waals surface area contributed by atoms with Gasteiger partial charge in [-0.3, -0.25) is 0 Å². The van der Waals surface area contributed by atoms with E-state index in [-0.39, 0.29) is 0 Å². The Morgan fingerprint density at radius 2 is 2.05 bits per heavy atom. The van der Waals surface area contributed by atoms with E-state index in [9.17, 15) is 0 Å². The Morgan fingerprint density at radius 3 is 2.89 bits per heavy atom. The van der Waals surface area contributed by atoms with Crippen molar-refractivity contribution < 1.29 is 4.74 Å². The van der Waals surface area contributed by atoms with Gasteiger partial charge < -0.3 is 4.74 Å². The molecule has 1 nitrogen and oxygen atoms in total. The first-order chi connectivity index (χ1) is 9.35. The second-order valence-corrected chi connectivity index (χ2v) is 6.25. The lowest BCUT2D eigenvalue weighted by atomic mass is 10.1. The first-order valence-electron chi connectivity index (χ1n) is 6.37. The molecule has 1 atom stereocenters. The quantitative estimate of drug-likeness (QED) is 0.766. The number of rotatable bonds is 4. The van der Waals surface area contributed by atoms with Crippen LogP contribution in [0.2, 0.25) is 0 Å². The van der Waals surface area contributed by atoms with Crippen LogP contribution >= 0.6 is 23.4 Å². The van der Waals surface area contributed by atoms with E-state index in [1.807, 2.05) is 36.0 Å². The SMILES string of the molecule is ClCc1cccc(OCC2Cc3ccccc3S2)c1. The first-order valence-corrected chi connectivity index (χ1v) is 7.79. The summed E-state index contributed by atoms with van der Waals surface area (Å²) in [6.45, 7) is 0.741. The molecule has 0 saturated heterocycles. The van der Waals surface area contributed by atoms with E-state index in [2.05, 4.69) is 24.3 Å². The maximum Gasteiger partial charge on any atom is 0.119 e. The van der Waals surface area contributed by atoms with Crippen molar-refractivity contribution in [2.45, 2.75) is 22.4 Å². The molecule has 0 aliphatic carbocycles. The minimum Gasteiger partial charge on any atom is -0.492 e. The molecule has 3 heteroatoms.